The van der Waals surface area contributed by atoms with Crippen molar-refractivity contribution in [3.8, 4) is 0 Å². The molecule has 1 aliphatic carbocycles. The molecule has 0 bridgehead atoms. The molecule has 1 aromatic heterocycles. The number of fused-ring (bicyclic) bond motifs is 1. The van der Waals surface area contributed by atoms with Gasteiger partial charge in [0.2, 0.25) is 5.91 Å². The Hall–Kier alpha value is -2.10. The number of nitrogens with zero attached hydrogens (tertiary/aromatic N) is 3. The van der Waals surface area contributed by atoms with Crippen LogP contribution < -0.4 is 16.0 Å². The molecule has 8 heteroatoms. The molecule has 1 saturated carbocycles. The van der Waals surface area contributed by atoms with Gasteiger partial charge in [-0.1, -0.05) is 31.0 Å². The number of halogens is 1. The van der Waals surface area contributed by atoms with Gasteiger partial charge in [-0.2, -0.15) is 5.10 Å². The highest BCUT2D eigenvalue weighted by atomic mass is 127. The fourth-order valence-corrected chi connectivity index (χ4v) is 4.14. The van der Waals surface area contributed by atoms with E-state index in [1.54, 1.807) is 7.05 Å². The molecule has 7 nitrogen and oxygen atoms in total. The molecule has 2 heterocycles. The lowest BCUT2D eigenvalue weighted by atomic mass is 9.90. The molecule has 0 spiro atoms. The third kappa shape index (κ3) is 5.29. The van der Waals surface area contributed by atoms with E-state index in [1.807, 2.05) is 18.2 Å². The van der Waals surface area contributed by atoms with Gasteiger partial charge in [0.25, 0.3) is 0 Å². The minimum absolute atomic E-state index is 0. The summed E-state index contributed by atoms with van der Waals surface area (Å²) in [7, 11) is 1.76. The highest BCUT2D eigenvalue weighted by Crippen LogP contribution is 2.31. The number of amides is 1. The van der Waals surface area contributed by atoms with E-state index in [0.717, 1.165) is 17.3 Å². The molecule has 2 aromatic rings. The van der Waals surface area contributed by atoms with Crippen LogP contribution in [0.25, 0.3) is 0 Å². The van der Waals surface area contributed by atoms with Crippen LogP contribution in [0.4, 0.5) is 5.69 Å². The molecule has 1 amide bonds. The summed E-state index contributed by atoms with van der Waals surface area (Å²) in [5.41, 5.74) is 3.09. The van der Waals surface area contributed by atoms with E-state index < -0.39 is 0 Å². The van der Waals surface area contributed by atoms with Gasteiger partial charge in [0, 0.05) is 37.8 Å². The first-order chi connectivity index (χ1) is 13.7. The molecule has 1 aliphatic heterocycles. The van der Waals surface area contributed by atoms with Crippen molar-refractivity contribution in [2.45, 2.75) is 50.6 Å². The maximum atomic E-state index is 12.0. The van der Waals surface area contributed by atoms with Crippen molar-refractivity contribution < 1.29 is 4.79 Å². The Bertz CT molecular complexity index is 858. The van der Waals surface area contributed by atoms with Crippen LogP contribution in [0.2, 0.25) is 0 Å². The minimum atomic E-state index is 0. The van der Waals surface area contributed by atoms with Crippen LogP contribution in [0.1, 0.15) is 55.3 Å². The highest BCUT2D eigenvalue weighted by Gasteiger charge is 2.24. The molecule has 29 heavy (non-hydrogen) atoms. The smallest absolute Gasteiger partial charge is 0.225 e. The van der Waals surface area contributed by atoms with E-state index in [9.17, 15) is 4.79 Å². The van der Waals surface area contributed by atoms with Crippen molar-refractivity contribution in [2.75, 3.05) is 18.9 Å². The van der Waals surface area contributed by atoms with Gasteiger partial charge in [-0.3, -0.25) is 14.5 Å². The van der Waals surface area contributed by atoms with Gasteiger partial charge >= 0.3 is 0 Å². The zero-order chi connectivity index (χ0) is 19.3. The second-order valence-electron chi connectivity index (χ2n) is 7.57. The van der Waals surface area contributed by atoms with Gasteiger partial charge in [-0.25, -0.2) is 0 Å². The molecule has 3 N–H and O–H groups in total. The first-order valence-corrected chi connectivity index (χ1v) is 10.1. The van der Waals surface area contributed by atoms with E-state index in [4.69, 9.17) is 5.10 Å². The SMILES string of the molecule is CN=C(NCc1ccn(C2CCCC2)n1)NCC1CC(=O)Nc2ccccc21.I. The third-order valence-corrected chi connectivity index (χ3v) is 5.65. The number of hydrogen-bond acceptors (Lipinski definition) is 3. The van der Waals surface area contributed by atoms with Crippen molar-refractivity contribution >= 4 is 41.5 Å². The Morgan fingerprint density at radius 1 is 1.24 bits per heavy atom. The van der Waals surface area contributed by atoms with Crippen LogP contribution in [0.15, 0.2) is 41.5 Å². The Morgan fingerprint density at radius 3 is 2.83 bits per heavy atom. The summed E-state index contributed by atoms with van der Waals surface area (Å²) >= 11 is 0. The molecular weight excluding hydrogens is 479 g/mol. The Kier molecular flexibility index (Phi) is 7.51. The molecule has 0 radical (unpaired) electrons. The third-order valence-electron chi connectivity index (χ3n) is 5.65. The van der Waals surface area contributed by atoms with Crippen molar-refractivity contribution in [3.63, 3.8) is 0 Å². The summed E-state index contributed by atoms with van der Waals surface area (Å²) in [4.78, 5) is 16.3. The maximum absolute atomic E-state index is 12.0. The molecular formula is C21H29IN6O. The standard InChI is InChI=1S/C21H28N6O.HI/c1-22-21(24-14-16-10-11-27(26-16)17-6-2-3-7-17)23-13-15-12-20(28)25-19-9-5-4-8-18(15)19;/h4-5,8-11,15,17H,2-3,6-7,12-14H2,1H3,(H,25,28)(H2,22,23,24);1H. The molecule has 2 aliphatic rings. The summed E-state index contributed by atoms with van der Waals surface area (Å²) in [5.74, 6) is 0.912. The number of guanidine groups is 1. The van der Waals surface area contributed by atoms with Crippen molar-refractivity contribution in [1.82, 2.24) is 20.4 Å². The normalized spacial score (nSPS) is 19.3. The Morgan fingerprint density at radius 2 is 2.03 bits per heavy atom. The van der Waals surface area contributed by atoms with Crippen molar-refractivity contribution in [1.29, 1.82) is 0 Å². The number of para-hydroxylation sites is 1. The summed E-state index contributed by atoms with van der Waals surface area (Å²) in [6, 6.07) is 10.6. The number of rotatable bonds is 5. The van der Waals surface area contributed by atoms with Gasteiger partial charge < -0.3 is 16.0 Å². The zero-order valence-electron chi connectivity index (χ0n) is 16.7. The lowest BCUT2D eigenvalue weighted by molar-refractivity contribution is -0.116. The molecule has 1 aromatic carbocycles. The van der Waals surface area contributed by atoms with Crippen LogP contribution in [0.3, 0.4) is 0 Å². The number of anilines is 1. The van der Waals surface area contributed by atoms with E-state index in [-0.39, 0.29) is 35.8 Å². The van der Waals surface area contributed by atoms with Crippen molar-refractivity contribution in [2.24, 2.45) is 4.99 Å². The second kappa shape index (κ2) is 10.1. The average Bonchev–Trinajstić information content (AvgIpc) is 3.39. The second-order valence-corrected chi connectivity index (χ2v) is 7.57. The number of aromatic nitrogens is 2. The van der Waals surface area contributed by atoms with E-state index in [2.05, 4.69) is 44.0 Å². The summed E-state index contributed by atoms with van der Waals surface area (Å²) in [5, 5.41) is 14.3. The number of benzene rings is 1. The van der Waals surface area contributed by atoms with Gasteiger partial charge in [-0.05, 0) is 30.5 Å². The van der Waals surface area contributed by atoms with Crippen LogP contribution in [0, 0.1) is 0 Å². The van der Waals surface area contributed by atoms with Gasteiger partial charge in [-0.15, -0.1) is 24.0 Å². The van der Waals surface area contributed by atoms with Gasteiger partial charge in [0.1, 0.15) is 0 Å². The van der Waals surface area contributed by atoms with Crippen molar-refractivity contribution in [3.05, 3.63) is 47.8 Å². The molecule has 1 atom stereocenters. The molecule has 1 unspecified atom stereocenters. The van der Waals surface area contributed by atoms with E-state index in [1.165, 1.54) is 31.2 Å². The maximum Gasteiger partial charge on any atom is 0.225 e. The topological polar surface area (TPSA) is 83.3 Å². The summed E-state index contributed by atoms with van der Waals surface area (Å²) in [6.07, 6.45) is 7.63. The molecule has 156 valence electrons. The number of hydrogen-bond donors (Lipinski definition) is 3. The number of carbonyl (C=O) groups is 1. The van der Waals surface area contributed by atoms with Crippen LogP contribution in [0.5, 0.6) is 0 Å². The quantitative estimate of drug-likeness (QED) is 0.329. The predicted molar refractivity (Wildman–Crippen MR) is 126 cm³/mol. The first kappa shape index (κ1) is 21.6. The molecule has 0 saturated heterocycles. The molecule has 1 fully saturated rings. The Balaban J connectivity index is 0.00000240. The minimum Gasteiger partial charge on any atom is -0.356 e. The van der Waals surface area contributed by atoms with Crippen LogP contribution in [-0.2, 0) is 11.3 Å². The molecule has 4 rings (SSSR count). The predicted octanol–water partition coefficient (Wildman–Crippen LogP) is 3.41. The Labute approximate surface area is 188 Å². The lowest BCUT2D eigenvalue weighted by Gasteiger charge is -2.26. The summed E-state index contributed by atoms with van der Waals surface area (Å²) < 4.78 is 2.11. The van der Waals surface area contributed by atoms with Crippen LogP contribution in [-0.4, -0.2) is 35.2 Å². The number of nitrogens with one attached hydrogen (secondary N) is 3. The van der Waals surface area contributed by atoms with E-state index in [0.29, 0.717) is 25.6 Å². The summed E-state index contributed by atoms with van der Waals surface area (Å²) in [6.45, 7) is 1.28. The first-order valence-electron chi connectivity index (χ1n) is 10.1. The average molecular weight is 508 g/mol. The highest BCUT2D eigenvalue weighted by molar-refractivity contribution is 14.0. The van der Waals surface area contributed by atoms with Gasteiger partial charge in [0.05, 0.1) is 18.3 Å². The van der Waals surface area contributed by atoms with E-state index >= 15 is 0 Å². The largest absolute Gasteiger partial charge is 0.356 e. The fraction of sp³-hybridized carbons (Fsp3) is 0.476. The van der Waals surface area contributed by atoms with Crippen LogP contribution >= 0.6 is 24.0 Å². The zero-order valence-corrected chi connectivity index (χ0v) is 19.1. The fourth-order valence-electron chi connectivity index (χ4n) is 4.14. The number of carbonyl (C=O) groups excluding carboxylic acids is 1. The van der Waals surface area contributed by atoms with Gasteiger partial charge in [0.15, 0.2) is 5.96 Å². The monoisotopic (exact) mass is 508 g/mol. The lowest BCUT2D eigenvalue weighted by Crippen LogP contribution is -2.40. The number of aliphatic imine (C=N–C) groups is 1.